The first-order chi connectivity index (χ1) is 15.5. The third-order valence-corrected chi connectivity index (χ3v) is 6.11. The van der Waals surface area contributed by atoms with Crippen LogP contribution in [-0.4, -0.2) is 15.4 Å². The Hall–Kier alpha value is -3.02. The molecule has 1 heterocycles. The largest absolute Gasteiger partial charge is 0.319 e. The van der Waals surface area contributed by atoms with Crippen LogP contribution >= 0.6 is 46.4 Å². The number of benzene rings is 2. The van der Waals surface area contributed by atoms with Crippen molar-refractivity contribution >= 4 is 69.8 Å². The quantitative estimate of drug-likeness (QED) is 0.166. The zero-order valence-corrected chi connectivity index (χ0v) is 20.1. The third kappa shape index (κ3) is 5.15. The van der Waals surface area contributed by atoms with Gasteiger partial charge in [0.15, 0.2) is 0 Å². The van der Waals surface area contributed by atoms with E-state index in [0.29, 0.717) is 15.6 Å². The minimum Gasteiger partial charge on any atom is -0.319 e. The second-order valence-electron chi connectivity index (χ2n) is 6.93. The van der Waals surface area contributed by atoms with Crippen LogP contribution in [-0.2, 0) is 4.79 Å². The first-order valence-corrected chi connectivity index (χ1v) is 10.8. The van der Waals surface area contributed by atoms with Crippen LogP contribution in [0.1, 0.15) is 17.0 Å². The monoisotopic (exact) mass is 522 g/mol. The molecule has 11 heteroatoms. The molecular formula is C22H14Cl4N4O3. The molecule has 0 bridgehead atoms. The van der Waals surface area contributed by atoms with E-state index >= 15 is 0 Å². The average Bonchev–Trinajstić information content (AvgIpc) is 3.03. The van der Waals surface area contributed by atoms with E-state index in [0.717, 1.165) is 29.2 Å². The van der Waals surface area contributed by atoms with Gasteiger partial charge in [0, 0.05) is 29.2 Å². The molecule has 0 radical (unpaired) electrons. The number of amides is 1. The predicted octanol–water partition coefficient (Wildman–Crippen LogP) is 7.16. The molecule has 7 nitrogen and oxygen atoms in total. The number of rotatable bonds is 5. The van der Waals surface area contributed by atoms with Crippen molar-refractivity contribution < 1.29 is 9.72 Å². The molecule has 3 aromatic rings. The van der Waals surface area contributed by atoms with E-state index in [2.05, 4.69) is 5.32 Å². The molecule has 0 fully saturated rings. The number of nitro groups is 1. The van der Waals surface area contributed by atoms with E-state index in [-0.39, 0.29) is 27.0 Å². The van der Waals surface area contributed by atoms with E-state index in [1.165, 1.54) is 6.08 Å². The van der Waals surface area contributed by atoms with Crippen molar-refractivity contribution in [1.82, 2.24) is 4.57 Å². The van der Waals surface area contributed by atoms with Gasteiger partial charge in [-0.1, -0.05) is 46.4 Å². The van der Waals surface area contributed by atoms with Crippen LogP contribution in [0.2, 0.25) is 20.1 Å². The summed E-state index contributed by atoms with van der Waals surface area (Å²) in [6.07, 6.45) is 1.43. The Labute approximate surface area is 208 Å². The molecule has 0 saturated heterocycles. The SMILES string of the molecule is Cc1cc(/C=C(\C#N)C(=O)Nc2c(Cl)cc([N+](=O)[O-])cc2Cl)c(C)n1-c1ccc(Cl)c(Cl)c1. The van der Waals surface area contributed by atoms with Gasteiger partial charge in [-0.15, -0.1) is 0 Å². The zero-order chi connectivity index (χ0) is 24.4. The average molecular weight is 524 g/mol. The van der Waals surface area contributed by atoms with Crippen molar-refractivity contribution in [2.75, 3.05) is 5.32 Å². The van der Waals surface area contributed by atoms with Gasteiger partial charge in [-0.2, -0.15) is 5.26 Å². The summed E-state index contributed by atoms with van der Waals surface area (Å²) in [5, 5.41) is 23.5. The molecule has 1 amide bonds. The molecule has 1 N–H and O–H groups in total. The number of nitro benzene ring substituents is 1. The summed E-state index contributed by atoms with van der Waals surface area (Å²) in [5.74, 6) is -0.769. The van der Waals surface area contributed by atoms with Gasteiger partial charge < -0.3 is 9.88 Å². The normalized spacial score (nSPS) is 11.2. The molecule has 0 atom stereocenters. The zero-order valence-electron chi connectivity index (χ0n) is 17.1. The van der Waals surface area contributed by atoms with Crippen LogP contribution in [0.3, 0.4) is 0 Å². The van der Waals surface area contributed by atoms with Gasteiger partial charge in [0.25, 0.3) is 11.6 Å². The van der Waals surface area contributed by atoms with Gasteiger partial charge in [0.05, 0.1) is 30.7 Å². The summed E-state index contributed by atoms with van der Waals surface area (Å²) in [7, 11) is 0. The lowest BCUT2D eigenvalue weighted by Gasteiger charge is -2.11. The van der Waals surface area contributed by atoms with Gasteiger partial charge in [0.2, 0.25) is 0 Å². The summed E-state index contributed by atoms with van der Waals surface area (Å²) >= 11 is 24.2. The smallest absolute Gasteiger partial charge is 0.272 e. The van der Waals surface area contributed by atoms with E-state index in [1.807, 2.05) is 30.6 Å². The van der Waals surface area contributed by atoms with Crippen LogP contribution in [0.15, 0.2) is 42.0 Å². The van der Waals surface area contributed by atoms with Crippen molar-refractivity contribution in [2.45, 2.75) is 13.8 Å². The molecule has 0 saturated carbocycles. The number of nitrogens with zero attached hydrogens (tertiary/aromatic N) is 3. The highest BCUT2D eigenvalue weighted by Gasteiger charge is 2.19. The Morgan fingerprint density at radius 1 is 1.06 bits per heavy atom. The van der Waals surface area contributed by atoms with Crippen molar-refractivity contribution in [3.63, 3.8) is 0 Å². The molecule has 0 aliphatic heterocycles. The fourth-order valence-electron chi connectivity index (χ4n) is 3.22. The molecule has 0 aliphatic rings. The van der Waals surface area contributed by atoms with Gasteiger partial charge in [-0.3, -0.25) is 14.9 Å². The number of aryl methyl sites for hydroxylation is 1. The standard InChI is InChI=1S/C22H14Cl4N4O3/c1-11-5-13(12(2)29(11)15-3-4-17(23)18(24)7-15)6-14(10-27)22(31)28-21-19(25)8-16(30(32)33)9-20(21)26/h3-9H,1-2H3,(H,28,31)/b14-6+. The van der Waals surface area contributed by atoms with Crippen molar-refractivity contribution in [3.05, 3.63) is 89.1 Å². The Morgan fingerprint density at radius 3 is 2.24 bits per heavy atom. The first kappa shape index (κ1) is 24.6. The second kappa shape index (κ2) is 9.86. The Bertz CT molecular complexity index is 1350. The van der Waals surface area contributed by atoms with Crippen molar-refractivity contribution in [3.8, 4) is 11.8 Å². The summed E-state index contributed by atoms with van der Waals surface area (Å²) in [5.41, 5.74) is 2.44. The summed E-state index contributed by atoms with van der Waals surface area (Å²) in [6.45, 7) is 3.70. The maximum Gasteiger partial charge on any atom is 0.272 e. The molecule has 2 aromatic carbocycles. The number of nitrogens with one attached hydrogen (secondary N) is 1. The third-order valence-electron chi connectivity index (χ3n) is 4.77. The lowest BCUT2D eigenvalue weighted by Crippen LogP contribution is -2.14. The Kier molecular flexibility index (Phi) is 7.35. The highest BCUT2D eigenvalue weighted by molar-refractivity contribution is 6.42. The van der Waals surface area contributed by atoms with Crippen molar-refractivity contribution in [1.29, 1.82) is 5.26 Å². The number of non-ortho nitro benzene ring substituents is 1. The number of hydrogen-bond donors (Lipinski definition) is 1. The molecule has 168 valence electrons. The second-order valence-corrected chi connectivity index (χ2v) is 8.55. The molecule has 0 aliphatic carbocycles. The highest BCUT2D eigenvalue weighted by atomic mass is 35.5. The number of carbonyl (C=O) groups is 1. The number of halogens is 4. The maximum atomic E-state index is 12.7. The molecule has 33 heavy (non-hydrogen) atoms. The Balaban J connectivity index is 1.96. The van der Waals surface area contributed by atoms with Crippen molar-refractivity contribution in [2.24, 2.45) is 0 Å². The topological polar surface area (TPSA) is 101 Å². The summed E-state index contributed by atoms with van der Waals surface area (Å²) < 4.78 is 1.91. The number of nitriles is 1. The fourth-order valence-corrected chi connectivity index (χ4v) is 4.09. The lowest BCUT2D eigenvalue weighted by atomic mass is 10.1. The minimum atomic E-state index is -0.769. The molecule has 0 spiro atoms. The predicted molar refractivity (Wildman–Crippen MR) is 131 cm³/mol. The van der Waals surface area contributed by atoms with E-state index in [9.17, 15) is 20.2 Å². The van der Waals surface area contributed by atoms with Crippen LogP contribution in [0, 0.1) is 35.3 Å². The van der Waals surface area contributed by atoms with E-state index in [1.54, 1.807) is 18.2 Å². The number of anilines is 1. The fraction of sp³-hybridized carbons (Fsp3) is 0.0909. The van der Waals surface area contributed by atoms with Gasteiger partial charge in [-0.25, -0.2) is 0 Å². The molecular weight excluding hydrogens is 510 g/mol. The van der Waals surface area contributed by atoms with Crippen LogP contribution < -0.4 is 5.32 Å². The number of hydrogen-bond acceptors (Lipinski definition) is 4. The van der Waals surface area contributed by atoms with Crippen LogP contribution in [0.5, 0.6) is 0 Å². The van der Waals surface area contributed by atoms with Gasteiger partial charge in [0.1, 0.15) is 11.6 Å². The lowest BCUT2D eigenvalue weighted by molar-refractivity contribution is -0.384. The molecule has 1 aromatic heterocycles. The van der Waals surface area contributed by atoms with Gasteiger partial charge >= 0.3 is 0 Å². The Morgan fingerprint density at radius 2 is 1.70 bits per heavy atom. The molecule has 0 unspecified atom stereocenters. The van der Waals surface area contributed by atoms with E-state index in [4.69, 9.17) is 46.4 Å². The molecule has 3 rings (SSSR count). The summed E-state index contributed by atoms with van der Waals surface area (Å²) in [4.78, 5) is 23.0. The van der Waals surface area contributed by atoms with E-state index < -0.39 is 10.8 Å². The highest BCUT2D eigenvalue weighted by Crippen LogP contribution is 2.35. The van der Waals surface area contributed by atoms with Crippen LogP contribution in [0.25, 0.3) is 11.8 Å². The van der Waals surface area contributed by atoms with Gasteiger partial charge in [-0.05, 0) is 49.8 Å². The first-order valence-electron chi connectivity index (χ1n) is 9.24. The summed E-state index contributed by atoms with van der Waals surface area (Å²) in [6, 6.07) is 11.0. The minimum absolute atomic E-state index is 0.0311. The number of carbonyl (C=O) groups excluding carboxylic acids is 1. The number of aromatic nitrogens is 1. The van der Waals surface area contributed by atoms with Crippen LogP contribution in [0.4, 0.5) is 11.4 Å². The maximum absolute atomic E-state index is 12.7.